The predicted molar refractivity (Wildman–Crippen MR) is 88.4 cm³/mol. The minimum atomic E-state index is -0.351. The molecule has 1 aromatic carbocycles. The Hall–Kier alpha value is -1.33. The smallest absolute Gasteiger partial charge is 0.399 e. The number of benzene rings is 1. The molecule has 118 valence electrons. The Morgan fingerprint density at radius 1 is 1.00 bits per heavy atom. The fourth-order valence-electron chi connectivity index (χ4n) is 2.87. The summed E-state index contributed by atoms with van der Waals surface area (Å²) >= 11 is 0. The minimum Gasteiger partial charge on any atom is -0.399 e. The highest BCUT2D eigenvalue weighted by Crippen LogP contribution is 2.36. The van der Waals surface area contributed by atoms with Gasteiger partial charge >= 0.3 is 7.12 Å². The molecule has 1 amide bonds. The summed E-state index contributed by atoms with van der Waals surface area (Å²) in [7, 11) is -0.351. The number of piperidine rings is 1. The Labute approximate surface area is 132 Å². The van der Waals surface area contributed by atoms with E-state index in [1.807, 2.05) is 56.9 Å². The van der Waals surface area contributed by atoms with Gasteiger partial charge in [0.15, 0.2) is 0 Å². The normalized spacial score (nSPS) is 23.9. The quantitative estimate of drug-likeness (QED) is 0.788. The molecule has 5 heteroatoms. The number of carbonyl (C=O) groups excluding carboxylic acids is 1. The standard InChI is InChI=1S/C17H24BNO3/c1-16(2)17(3,4)22-18(21-16)13-8-10-14(11-9-13)19-12-6-5-7-15(19)20/h8-11H,5-7,12H2,1-4H3. The summed E-state index contributed by atoms with van der Waals surface area (Å²) in [5.41, 5.74) is 1.29. The van der Waals surface area contributed by atoms with E-state index in [9.17, 15) is 4.79 Å². The van der Waals surface area contributed by atoms with E-state index in [0.717, 1.165) is 30.5 Å². The number of carbonyl (C=O) groups is 1. The number of anilines is 1. The lowest BCUT2D eigenvalue weighted by Gasteiger charge is -2.32. The fraction of sp³-hybridized carbons (Fsp3) is 0.588. The third-order valence-corrected chi connectivity index (χ3v) is 5.05. The van der Waals surface area contributed by atoms with Crippen molar-refractivity contribution in [1.29, 1.82) is 0 Å². The third-order valence-electron chi connectivity index (χ3n) is 5.05. The maximum Gasteiger partial charge on any atom is 0.494 e. The molecule has 22 heavy (non-hydrogen) atoms. The van der Waals surface area contributed by atoms with E-state index >= 15 is 0 Å². The largest absolute Gasteiger partial charge is 0.494 e. The van der Waals surface area contributed by atoms with Crippen LogP contribution in [0.2, 0.25) is 0 Å². The van der Waals surface area contributed by atoms with E-state index in [-0.39, 0.29) is 24.2 Å². The number of amides is 1. The van der Waals surface area contributed by atoms with Gasteiger partial charge < -0.3 is 14.2 Å². The molecule has 0 atom stereocenters. The van der Waals surface area contributed by atoms with Gasteiger partial charge in [-0.1, -0.05) is 12.1 Å². The number of hydrogen-bond donors (Lipinski definition) is 0. The van der Waals surface area contributed by atoms with Crippen molar-refractivity contribution < 1.29 is 14.1 Å². The fourth-order valence-corrected chi connectivity index (χ4v) is 2.87. The molecule has 2 aliphatic heterocycles. The molecule has 0 bridgehead atoms. The molecule has 0 saturated carbocycles. The Bertz CT molecular complexity index is 552. The van der Waals surface area contributed by atoms with Crippen LogP contribution in [0, 0.1) is 0 Å². The van der Waals surface area contributed by atoms with Gasteiger partial charge in [-0.2, -0.15) is 0 Å². The summed E-state index contributed by atoms with van der Waals surface area (Å²) < 4.78 is 12.1. The maximum atomic E-state index is 12.0. The molecule has 0 spiro atoms. The van der Waals surface area contributed by atoms with Crippen LogP contribution in [0.3, 0.4) is 0 Å². The van der Waals surface area contributed by atoms with Gasteiger partial charge in [0.25, 0.3) is 0 Å². The number of hydrogen-bond acceptors (Lipinski definition) is 3. The monoisotopic (exact) mass is 301 g/mol. The molecule has 2 fully saturated rings. The third kappa shape index (κ3) is 2.68. The van der Waals surface area contributed by atoms with Crippen LogP contribution in [-0.4, -0.2) is 30.8 Å². The number of nitrogens with zero attached hydrogens (tertiary/aromatic N) is 1. The van der Waals surface area contributed by atoms with Gasteiger partial charge in [-0.05, 0) is 58.1 Å². The molecule has 0 unspecified atom stereocenters. The molecule has 1 aromatic rings. The van der Waals surface area contributed by atoms with Crippen LogP contribution in [0.1, 0.15) is 47.0 Å². The lowest BCUT2D eigenvalue weighted by Crippen LogP contribution is -2.41. The summed E-state index contributed by atoms with van der Waals surface area (Å²) in [4.78, 5) is 13.9. The first-order valence-electron chi connectivity index (χ1n) is 8.06. The summed E-state index contributed by atoms with van der Waals surface area (Å²) in [6, 6.07) is 7.98. The zero-order valence-electron chi connectivity index (χ0n) is 13.9. The molecule has 2 aliphatic rings. The molecule has 0 radical (unpaired) electrons. The highest BCUT2D eigenvalue weighted by molar-refractivity contribution is 6.62. The highest BCUT2D eigenvalue weighted by Gasteiger charge is 2.51. The minimum absolute atomic E-state index is 0.217. The summed E-state index contributed by atoms with van der Waals surface area (Å²) in [5.74, 6) is 0.217. The topological polar surface area (TPSA) is 38.8 Å². The van der Waals surface area contributed by atoms with Gasteiger partial charge in [0, 0.05) is 18.7 Å². The lowest BCUT2D eigenvalue weighted by atomic mass is 9.79. The van der Waals surface area contributed by atoms with Gasteiger partial charge in [-0.3, -0.25) is 4.79 Å². The first-order chi connectivity index (χ1) is 10.3. The summed E-state index contributed by atoms with van der Waals surface area (Å²) in [6.07, 6.45) is 2.73. The Balaban J connectivity index is 1.76. The lowest BCUT2D eigenvalue weighted by molar-refractivity contribution is -0.119. The van der Waals surface area contributed by atoms with Gasteiger partial charge in [0.1, 0.15) is 0 Å². The van der Waals surface area contributed by atoms with Gasteiger partial charge in [0.2, 0.25) is 5.91 Å². The van der Waals surface area contributed by atoms with Crippen LogP contribution < -0.4 is 10.4 Å². The van der Waals surface area contributed by atoms with Crippen LogP contribution in [0.4, 0.5) is 5.69 Å². The van der Waals surface area contributed by atoms with Gasteiger partial charge in [0.05, 0.1) is 11.2 Å². The molecule has 0 aromatic heterocycles. The van der Waals surface area contributed by atoms with E-state index in [0.29, 0.717) is 6.42 Å². The van der Waals surface area contributed by atoms with Crippen molar-refractivity contribution >= 4 is 24.2 Å². The van der Waals surface area contributed by atoms with Crippen molar-refractivity contribution in [3.05, 3.63) is 24.3 Å². The van der Waals surface area contributed by atoms with Gasteiger partial charge in [-0.15, -0.1) is 0 Å². The SMILES string of the molecule is CC1(C)OB(c2ccc(N3CCCCC3=O)cc2)OC1(C)C. The molecule has 0 N–H and O–H groups in total. The van der Waals surface area contributed by atoms with E-state index < -0.39 is 0 Å². The van der Waals surface area contributed by atoms with E-state index in [2.05, 4.69) is 0 Å². The Morgan fingerprint density at radius 3 is 2.14 bits per heavy atom. The van der Waals surface area contributed by atoms with Crippen molar-refractivity contribution in [1.82, 2.24) is 0 Å². The predicted octanol–water partition coefficient (Wildman–Crippen LogP) is 2.50. The van der Waals surface area contributed by atoms with E-state index in [4.69, 9.17) is 9.31 Å². The average molecular weight is 301 g/mol. The maximum absolute atomic E-state index is 12.0. The van der Waals surface area contributed by atoms with Crippen molar-refractivity contribution in [2.45, 2.75) is 58.2 Å². The van der Waals surface area contributed by atoms with Crippen molar-refractivity contribution in [2.75, 3.05) is 11.4 Å². The first-order valence-corrected chi connectivity index (χ1v) is 8.06. The molecule has 4 nitrogen and oxygen atoms in total. The summed E-state index contributed by atoms with van der Waals surface area (Å²) in [5, 5.41) is 0. The highest BCUT2D eigenvalue weighted by atomic mass is 16.7. The Morgan fingerprint density at radius 2 is 1.59 bits per heavy atom. The molecular formula is C17H24BNO3. The van der Waals surface area contributed by atoms with Crippen molar-refractivity contribution in [2.24, 2.45) is 0 Å². The average Bonchev–Trinajstić information content (AvgIpc) is 2.68. The molecule has 0 aliphatic carbocycles. The van der Waals surface area contributed by atoms with Crippen molar-refractivity contribution in [3.63, 3.8) is 0 Å². The second-order valence-electron chi connectivity index (χ2n) is 7.18. The van der Waals surface area contributed by atoms with E-state index in [1.54, 1.807) is 0 Å². The zero-order valence-corrected chi connectivity index (χ0v) is 13.9. The molecule has 3 rings (SSSR count). The molecule has 2 heterocycles. The number of rotatable bonds is 2. The molecular weight excluding hydrogens is 277 g/mol. The van der Waals surface area contributed by atoms with E-state index in [1.165, 1.54) is 0 Å². The second-order valence-corrected chi connectivity index (χ2v) is 7.18. The van der Waals surface area contributed by atoms with Crippen molar-refractivity contribution in [3.8, 4) is 0 Å². The first kappa shape index (κ1) is 15.6. The van der Waals surface area contributed by atoms with Gasteiger partial charge in [-0.25, -0.2) is 0 Å². The van der Waals surface area contributed by atoms with Crippen LogP contribution in [0.5, 0.6) is 0 Å². The summed E-state index contributed by atoms with van der Waals surface area (Å²) in [6.45, 7) is 9.01. The second kappa shape index (κ2) is 5.39. The van der Waals surface area contributed by atoms with Crippen LogP contribution in [0.25, 0.3) is 0 Å². The van der Waals surface area contributed by atoms with Crippen LogP contribution in [-0.2, 0) is 14.1 Å². The zero-order chi connectivity index (χ0) is 16.0. The molecule has 2 saturated heterocycles. The van der Waals surface area contributed by atoms with Crippen LogP contribution in [0.15, 0.2) is 24.3 Å². The Kier molecular flexibility index (Phi) is 3.81. The van der Waals surface area contributed by atoms with Crippen LogP contribution >= 0.6 is 0 Å².